The predicted molar refractivity (Wildman–Crippen MR) is 155 cm³/mol. The number of nitrogens with zero attached hydrogens (tertiary/aromatic N) is 4. The first kappa shape index (κ1) is 32.0. The molecule has 0 N–H and O–H groups in total. The number of non-ortho nitro benzene ring substituents is 2. The molecule has 1 heterocycles. The van der Waals surface area contributed by atoms with Crippen molar-refractivity contribution in [2.45, 2.75) is 19.9 Å². The van der Waals surface area contributed by atoms with Crippen LogP contribution in [0.15, 0.2) is 47.8 Å². The van der Waals surface area contributed by atoms with Gasteiger partial charge < -0.3 is 24.0 Å². The molecule has 224 valence electrons. The molecule has 0 aliphatic heterocycles. The quantitative estimate of drug-likeness (QED) is 0.184. The summed E-state index contributed by atoms with van der Waals surface area (Å²) < 4.78 is 15.8. The monoisotopic (exact) mass is 600 g/mol. The minimum atomic E-state index is -0.812. The fourth-order valence-electron chi connectivity index (χ4n) is 4.16. The maximum Gasteiger partial charge on any atom is 0.277 e. The number of ether oxygens (including phenoxy) is 3. The van der Waals surface area contributed by atoms with Crippen LogP contribution in [0.5, 0.6) is 11.5 Å². The van der Waals surface area contributed by atoms with E-state index in [1.807, 2.05) is 30.5 Å². The van der Waals surface area contributed by atoms with Gasteiger partial charge in [-0.1, -0.05) is 6.07 Å². The Labute approximate surface area is 246 Å². The largest absolute Gasteiger partial charge is 0.493 e. The summed E-state index contributed by atoms with van der Waals surface area (Å²) in [6.45, 7) is 2.27. The van der Waals surface area contributed by atoms with Gasteiger partial charge in [0.25, 0.3) is 17.3 Å². The van der Waals surface area contributed by atoms with Crippen molar-refractivity contribution < 1.29 is 33.6 Å². The molecule has 3 rings (SSSR count). The van der Waals surface area contributed by atoms with Gasteiger partial charge in [-0.2, -0.15) is 0 Å². The van der Waals surface area contributed by atoms with Gasteiger partial charge in [-0.05, 0) is 48.1 Å². The van der Waals surface area contributed by atoms with Crippen LogP contribution in [-0.4, -0.2) is 79.0 Å². The molecule has 0 fully saturated rings. The average molecular weight is 601 g/mol. The SMILES string of the molecule is COCCN(CC(=O)N(CCc1ccc(OC)c(OC)c1)Cc1sccc1C)C(=O)c1cc([N+](=O)[O-])cc([N+](=O)[O-])c1. The van der Waals surface area contributed by atoms with E-state index in [1.54, 1.807) is 25.2 Å². The van der Waals surface area contributed by atoms with E-state index in [2.05, 4.69) is 0 Å². The predicted octanol–water partition coefficient (Wildman–Crippen LogP) is 4.25. The molecule has 13 nitrogen and oxygen atoms in total. The first-order chi connectivity index (χ1) is 20.1. The smallest absolute Gasteiger partial charge is 0.277 e. The minimum absolute atomic E-state index is 0.0148. The number of nitro benzene ring substituents is 2. The standard InChI is InChI=1S/C28H32N4O9S/c1-19-8-12-42-26(19)17-29(9-7-20-5-6-24(40-3)25(13-20)41-4)27(33)18-30(10-11-39-2)28(34)21-14-22(31(35)36)16-23(15-21)32(37)38/h5-6,8,12-16H,7,9-11,17-18H2,1-4H3. The van der Waals surface area contributed by atoms with Crippen LogP contribution in [0.2, 0.25) is 0 Å². The number of methoxy groups -OCH3 is 3. The van der Waals surface area contributed by atoms with E-state index >= 15 is 0 Å². The van der Waals surface area contributed by atoms with Crippen molar-refractivity contribution in [3.05, 3.63) is 89.6 Å². The summed E-state index contributed by atoms with van der Waals surface area (Å²) in [5.41, 5.74) is 0.459. The Morgan fingerprint density at radius 1 is 0.881 bits per heavy atom. The second-order valence-electron chi connectivity index (χ2n) is 9.25. The third kappa shape index (κ3) is 8.24. The second kappa shape index (κ2) is 14.9. The molecule has 42 heavy (non-hydrogen) atoms. The van der Waals surface area contributed by atoms with Gasteiger partial charge in [-0.25, -0.2) is 0 Å². The molecule has 0 spiro atoms. The fourth-order valence-corrected chi connectivity index (χ4v) is 5.08. The van der Waals surface area contributed by atoms with Gasteiger partial charge in [0.15, 0.2) is 11.5 Å². The zero-order chi connectivity index (χ0) is 30.8. The first-order valence-electron chi connectivity index (χ1n) is 12.8. The topological polar surface area (TPSA) is 155 Å². The van der Waals surface area contributed by atoms with Crippen LogP contribution in [0.25, 0.3) is 0 Å². The first-order valence-corrected chi connectivity index (χ1v) is 13.7. The summed E-state index contributed by atoms with van der Waals surface area (Å²) in [7, 11) is 4.51. The number of nitro groups is 2. The second-order valence-corrected chi connectivity index (χ2v) is 10.3. The van der Waals surface area contributed by atoms with Crippen molar-refractivity contribution in [2.24, 2.45) is 0 Å². The molecule has 14 heteroatoms. The van der Waals surface area contributed by atoms with E-state index in [0.717, 1.165) is 34.2 Å². The van der Waals surface area contributed by atoms with E-state index in [9.17, 15) is 29.8 Å². The third-order valence-corrected chi connectivity index (χ3v) is 7.53. The maximum absolute atomic E-state index is 13.7. The number of carbonyl (C=O) groups excluding carboxylic acids is 2. The van der Waals surface area contributed by atoms with Gasteiger partial charge >= 0.3 is 0 Å². The summed E-state index contributed by atoms with van der Waals surface area (Å²) in [6, 6.07) is 10.2. The minimum Gasteiger partial charge on any atom is -0.493 e. The molecule has 0 unspecified atom stereocenters. The van der Waals surface area contributed by atoms with Crippen LogP contribution in [-0.2, 0) is 22.5 Å². The van der Waals surface area contributed by atoms with Crippen molar-refractivity contribution in [2.75, 3.05) is 47.6 Å². The lowest BCUT2D eigenvalue weighted by molar-refractivity contribution is -0.394. The van der Waals surface area contributed by atoms with Crippen LogP contribution in [0.3, 0.4) is 0 Å². The van der Waals surface area contributed by atoms with Gasteiger partial charge in [0.05, 0.1) is 48.8 Å². The van der Waals surface area contributed by atoms with Gasteiger partial charge in [0.2, 0.25) is 5.91 Å². The summed E-state index contributed by atoms with van der Waals surface area (Å²) in [6.07, 6.45) is 0.486. The van der Waals surface area contributed by atoms with Gasteiger partial charge in [-0.15, -0.1) is 11.3 Å². The van der Waals surface area contributed by atoms with Crippen LogP contribution < -0.4 is 9.47 Å². The summed E-state index contributed by atoms with van der Waals surface area (Å²) in [5.74, 6) is 0.00782. The molecule has 2 aromatic carbocycles. The van der Waals surface area contributed by atoms with Crippen molar-refractivity contribution in [1.82, 2.24) is 9.80 Å². The van der Waals surface area contributed by atoms with Gasteiger partial charge in [0.1, 0.15) is 6.54 Å². The average Bonchev–Trinajstić information content (AvgIpc) is 3.39. The molecule has 0 atom stereocenters. The van der Waals surface area contributed by atoms with Crippen molar-refractivity contribution >= 4 is 34.5 Å². The number of thiophene rings is 1. The summed E-state index contributed by atoms with van der Waals surface area (Å²) in [5, 5.41) is 24.7. The highest BCUT2D eigenvalue weighted by Gasteiger charge is 2.26. The van der Waals surface area contributed by atoms with E-state index in [-0.39, 0.29) is 31.2 Å². The van der Waals surface area contributed by atoms with E-state index in [4.69, 9.17) is 14.2 Å². The van der Waals surface area contributed by atoms with E-state index < -0.39 is 27.1 Å². The highest BCUT2D eigenvalue weighted by Crippen LogP contribution is 2.28. The Morgan fingerprint density at radius 2 is 1.55 bits per heavy atom. The highest BCUT2D eigenvalue weighted by atomic mass is 32.1. The molecule has 0 saturated carbocycles. The number of benzene rings is 2. The maximum atomic E-state index is 13.7. The third-order valence-electron chi connectivity index (χ3n) is 6.52. The Morgan fingerprint density at radius 3 is 2.10 bits per heavy atom. The van der Waals surface area contributed by atoms with E-state index in [1.165, 1.54) is 23.3 Å². The molecule has 0 bridgehead atoms. The van der Waals surface area contributed by atoms with E-state index in [0.29, 0.717) is 31.0 Å². The summed E-state index contributed by atoms with van der Waals surface area (Å²) in [4.78, 5) is 52.1. The zero-order valence-electron chi connectivity index (χ0n) is 23.7. The number of rotatable bonds is 15. The Balaban J connectivity index is 1.89. The molecule has 0 radical (unpaired) electrons. The number of aryl methyl sites for hydroxylation is 1. The van der Waals surface area contributed by atoms with Crippen molar-refractivity contribution in [3.63, 3.8) is 0 Å². The summed E-state index contributed by atoms with van der Waals surface area (Å²) >= 11 is 1.51. The molecular formula is C28H32N4O9S. The lowest BCUT2D eigenvalue weighted by Crippen LogP contribution is -2.44. The Kier molecular flexibility index (Phi) is 11.3. The zero-order valence-corrected chi connectivity index (χ0v) is 24.5. The number of hydrogen-bond donors (Lipinski definition) is 0. The van der Waals surface area contributed by atoms with Crippen LogP contribution in [0, 0.1) is 27.2 Å². The highest BCUT2D eigenvalue weighted by molar-refractivity contribution is 7.10. The van der Waals surface area contributed by atoms with Gasteiger partial charge in [0, 0.05) is 37.2 Å². The van der Waals surface area contributed by atoms with Crippen LogP contribution >= 0.6 is 11.3 Å². The van der Waals surface area contributed by atoms with Crippen LogP contribution in [0.4, 0.5) is 11.4 Å². The van der Waals surface area contributed by atoms with Gasteiger partial charge in [-0.3, -0.25) is 29.8 Å². The molecule has 2 amide bonds. The Bertz CT molecular complexity index is 1410. The number of amides is 2. The fraction of sp³-hybridized carbons (Fsp3) is 0.357. The molecule has 1 aromatic heterocycles. The molecule has 3 aromatic rings. The molecule has 0 saturated heterocycles. The number of carbonyl (C=O) groups is 2. The normalized spacial score (nSPS) is 10.7. The van der Waals surface area contributed by atoms with Crippen LogP contribution in [0.1, 0.15) is 26.4 Å². The van der Waals surface area contributed by atoms with Crippen molar-refractivity contribution in [1.29, 1.82) is 0 Å². The molecular weight excluding hydrogens is 568 g/mol. The molecule has 0 aliphatic rings. The van der Waals surface area contributed by atoms with Crippen molar-refractivity contribution in [3.8, 4) is 11.5 Å². The lowest BCUT2D eigenvalue weighted by atomic mass is 10.1. The lowest BCUT2D eigenvalue weighted by Gasteiger charge is -2.28. The Hall–Kier alpha value is -4.56. The number of hydrogen-bond acceptors (Lipinski definition) is 10. The molecule has 0 aliphatic carbocycles.